The fraction of sp³-hybridized carbons (Fsp3) is 0.0833. The van der Waals surface area contributed by atoms with Crippen LogP contribution in [-0.2, 0) is 21.0 Å². The summed E-state index contributed by atoms with van der Waals surface area (Å²) in [4.78, 5) is 1.69. The number of allylic oxidation sites excluding steroid dienone is 2. The molecule has 0 spiro atoms. The summed E-state index contributed by atoms with van der Waals surface area (Å²) >= 11 is 0. The van der Waals surface area contributed by atoms with Gasteiger partial charge in [-0.3, -0.25) is 0 Å². The standard InChI is InChI=1S/C23H18F3S.CHF3O3S/c24-23(25,26)20(17-16-19-10-4-1-5-11-19)18-27(21-12-6-2-7-13-21)22-14-8-3-9-15-22;2-1(3,4)8(5,6)7/h1-18H;(H,5,6,7)/q+1;/p-1/b17-16+,20-18+;. The Morgan fingerprint density at radius 2 is 1.09 bits per heavy atom. The summed E-state index contributed by atoms with van der Waals surface area (Å²) in [5, 5.41) is 1.32. The van der Waals surface area contributed by atoms with Crippen LogP contribution in [0.5, 0.6) is 0 Å². The molecule has 0 atom stereocenters. The van der Waals surface area contributed by atoms with E-state index in [0.717, 1.165) is 21.4 Å². The van der Waals surface area contributed by atoms with Crippen LogP contribution >= 0.6 is 0 Å². The lowest BCUT2D eigenvalue weighted by molar-refractivity contribution is -0.0879. The topological polar surface area (TPSA) is 57.2 Å². The zero-order valence-corrected chi connectivity index (χ0v) is 19.3. The second kappa shape index (κ2) is 12.1. The monoisotopic (exact) mass is 532 g/mol. The first kappa shape index (κ1) is 28.2. The Bertz CT molecular complexity index is 1180. The van der Waals surface area contributed by atoms with E-state index in [2.05, 4.69) is 0 Å². The van der Waals surface area contributed by atoms with Crippen LogP contribution in [0.15, 0.2) is 118 Å². The lowest BCUT2D eigenvalue weighted by Gasteiger charge is -2.09. The highest BCUT2D eigenvalue weighted by Gasteiger charge is 2.37. The van der Waals surface area contributed by atoms with Gasteiger partial charge in [-0.25, -0.2) is 8.42 Å². The van der Waals surface area contributed by atoms with Crippen LogP contribution in [0.4, 0.5) is 26.3 Å². The van der Waals surface area contributed by atoms with E-state index >= 15 is 0 Å². The van der Waals surface area contributed by atoms with Crippen molar-refractivity contribution in [2.45, 2.75) is 21.5 Å². The molecule has 3 aromatic rings. The molecule has 0 heterocycles. The van der Waals surface area contributed by atoms with E-state index in [1.165, 1.54) is 11.5 Å². The minimum Gasteiger partial charge on any atom is -0.741 e. The zero-order chi connectivity index (χ0) is 26.1. The fourth-order valence-electron chi connectivity index (χ4n) is 2.48. The lowest BCUT2D eigenvalue weighted by atomic mass is 10.2. The molecule has 186 valence electrons. The van der Waals surface area contributed by atoms with Gasteiger partial charge in [0, 0.05) is 0 Å². The fourth-order valence-corrected chi connectivity index (χ4v) is 4.40. The van der Waals surface area contributed by atoms with Crippen molar-refractivity contribution < 1.29 is 39.3 Å². The van der Waals surface area contributed by atoms with Crippen LogP contribution in [0.2, 0.25) is 0 Å². The van der Waals surface area contributed by atoms with Crippen LogP contribution in [0.25, 0.3) is 6.08 Å². The van der Waals surface area contributed by atoms with Crippen LogP contribution in [0, 0.1) is 0 Å². The molecular weight excluding hydrogens is 514 g/mol. The highest BCUT2D eigenvalue weighted by Crippen LogP contribution is 2.33. The average molecular weight is 533 g/mol. The van der Waals surface area contributed by atoms with E-state index in [9.17, 15) is 26.3 Å². The Morgan fingerprint density at radius 1 is 0.714 bits per heavy atom. The Hall–Kier alpha value is -3.02. The molecule has 0 aliphatic carbocycles. The highest BCUT2D eigenvalue weighted by molar-refractivity contribution is 7.99. The molecule has 0 fully saturated rings. The van der Waals surface area contributed by atoms with E-state index in [1.54, 1.807) is 24.3 Å². The predicted molar refractivity (Wildman–Crippen MR) is 122 cm³/mol. The van der Waals surface area contributed by atoms with E-state index in [4.69, 9.17) is 13.0 Å². The van der Waals surface area contributed by atoms with Crippen molar-refractivity contribution in [2.24, 2.45) is 0 Å². The molecule has 0 saturated heterocycles. The maximum atomic E-state index is 13.7. The number of benzene rings is 3. The lowest BCUT2D eigenvalue weighted by Crippen LogP contribution is -2.21. The van der Waals surface area contributed by atoms with Crippen molar-refractivity contribution >= 4 is 27.1 Å². The Morgan fingerprint density at radius 3 is 1.43 bits per heavy atom. The average Bonchev–Trinajstić information content (AvgIpc) is 2.79. The van der Waals surface area contributed by atoms with Crippen molar-refractivity contribution in [1.82, 2.24) is 0 Å². The molecule has 3 nitrogen and oxygen atoms in total. The number of alkyl halides is 6. The Balaban J connectivity index is 0.000000466. The normalized spacial score (nSPS) is 13.0. The first-order valence-corrected chi connectivity index (χ1v) is 12.4. The smallest absolute Gasteiger partial charge is 0.485 e. The minimum absolute atomic E-state index is 0.651. The second-order valence-corrected chi connectivity index (χ2v) is 9.90. The van der Waals surface area contributed by atoms with Gasteiger partial charge in [0.2, 0.25) is 0 Å². The Kier molecular flexibility index (Phi) is 9.75. The molecule has 0 saturated carbocycles. The summed E-state index contributed by atoms with van der Waals surface area (Å²) in [7, 11) is -6.91. The molecule has 35 heavy (non-hydrogen) atoms. The third kappa shape index (κ3) is 9.27. The van der Waals surface area contributed by atoms with Gasteiger partial charge in [0.15, 0.2) is 19.9 Å². The van der Waals surface area contributed by atoms with Crippen LogP contribution in [0.1, 0.15) is 5.56 Å². The zero-order valence-electron chi connectivity index (χ0n) is 17.7. The van der Waals surface area contributed by atoms with Crippen LogP contribution < -0.4 is 0 Å². The molecule has 3 aromatic carbocycles. The minimum atomic E-state index is -6.09. The van der Waals surface area contributed by atoms with Gasteiger partial charge in [0.1, 0.15) is 11.0 Å². The Labute approximate surface area is 201 Å². The van der Waals surface area contributed by atoms with Gasteiger partial charge in [-0.05, 0) is 35.9 Å². The van der Waals surface area contributed by atoms with Gasteiger partial charge in [-0.2, -0.15) is 26.3 Å². The van der Waals surface area contributed by atoms with Crippen molar-refractivity contribution in [2.75, 3.05) is 0 Å². The van der Waals surface area contributed by atoms with Crippen molar-refractivity contribution in [3.63, 3.8) is 0 Å². The van der Waals surface area contributed by atoms with E-state index < -0.39 is 38.3 Å². The maximum Gasteiger partial charge on any atom is 0.485 e. The van der Waals surface area contributed by atoms with Crippen molar-refractivity contribution in [3.05, 3.63) is 114 Å². The molecule has 0 aliphatic rings. The summed E-state index contributed by atoms with van der Waals surface area (Å²) in [6.45, 7) is 0. The summed E-state index contributed by atoms with van der Waals surface area (Å²) < 4.78 is 100. The molecule has 11 heteroatoms. The van der Waals surface area contributed by atoms with E-state index in [0.29, 0.717) is 0 Å². The summed E-state index contributed by atoms with van der Waals surface area (Å²) in [5.74, 6) is 0. The molecule has 0 aliphatic heterocycles. The van der Waals surface area contributed by atoms with Crippen molar-refractivity contribution in [1.29, 1.82) is 0 Å². The molecule has 3 rings (SSSR count). The van der Waals surface area contributed by atoms with Gasteiger partial charge in [0.25, 0.3) is 0 Å². The van der Waals surface area contributed by atoms with Gasteiger partial charge in [-0.15, -0.1) is 0 Å². The SMILES string of the molecule is FC(F)(F)C(/C=C/c1ccccc1)=C/[S+](c1ccccc1)c1ccccc1.O=S(=O)([O-])C(F)(F)F. The van der Waals surface area contributed by atoms with Crippen LogP contribution in [0.3, 0.4) is 0 Å². The number of rotatable bonds is 5. The number of halogens is 6. The summed E-state index contributed by atoms with van der Waals surface area (Å²) in [5.41, 5.74) is -5.57. The molecule has 0 amide bonds. The molecule has 0 radical (unpaired) electrons. The van der Waals surface area contributed by atoms with E-state index in [-0.39, 0.29) is 0 Å². The quantitative estimate of drug-likeness (QED) is 0.118. The number of hydrogen-bond acceptors (Lipinski definition) is 3. The summed E-state index contributed by atoms with van der Waals surface area (Å²) in [6, 6.07) is 27.5. The van der Waals surface area contributed by atoms with Crippen molar-refractivity contribution in [3.8, 4) is 0 Å². The molecule has 0 unspecified atom stereocenters. The molecular formula is C24H18F6O3S2. The van der Waals surface area contributed by atoms with Gasteiger partial charge in [-0.1, -0.05) is 72.8 Å². The van der Waals surface area contributed by atoms with E-state index in [1.807, 2.05) is 66.7 Å². The van der Waals surface area contributed by atoms with Crippen LogP contribution in [-0.4, -0.2) is 24.7 Å². The molecule has 0 bridgehead atoms. The van der Waals surface area contributed by atoms with Gasteiger partial charge in [0.05, 0.1) is 10.9 Å². The van der Waals surface area contributed by atoms with Gasteiger partial charge >= 0.3 is 11.7 Å². The number of hydrogen-bond donors (Lipinski definition) is 0. The third-order valence-electron chi connectivity index (χ3n) is 4.10. The first-order chi connectivity index (χ1) is 16.3. The predicted octanol–water partition coefficient (Wildman–Crippen LogP) is 6.93. The first-order valence-electron chi connectivity index (χ1n) is 9.66. The maximum absolute atomic E-state index is 13.7. The van der Waals surface area contributed by atoms with Gasteiger partial charge < -0.3 is 4.55 Å². The molecule has 0 N–H and O–H groups in total. The highest BCUT2D eigenvalue weighted by atomic mass is 32.2. The summed E-state index contributed by atoms with van der Waals surface area (Å²) in [6.07, 6.45) is -1.78. The third-order valence-corrected chi connectivity index (χ3v) is 6.72. The molecule has 0 aromatic heterocycles. The largest absolute Gasteiger partial charge is 0.741 e. The second-order valence-electron chi connectivity index (χ2n) is 6.68.